The third kappa shape index (κ3) is 6.84. The predicted molar refractivity (Wildman–Crippen MR) is 236 cm³/mol. The van der Waals surface area contributed by atoms with E-state index in [4.69, 9.17) is 9.97 Å². The lowest BCUT2D eigenvalue weighted by molar-refractivity contribution is 0.793. The first kappa shape index (κ1) is 39.5. The molecule has 4 aromatic rings. The second-order valence-electron chi connectivity index (χ2n) is 15.2. The van der Waals surface area contributed by atoms with Gasteiger partial charge in [0.05, 0.1) is 22.8 Å². The lowest BCUT2D eigenvalue weighted by Gasteiger charge is -2.13. The number of H-pyrrole nitrogens is 2. The van der Waals surface area contributed by atoms with Crippen molar-refractivity contribution in [1.29, 1.82) is 0 Å². The Labute approximate surface area is 326 Å². The summed E-state index contributed by atoms with van der Waals surface area (Å²) in [5, 5.41) is 0. The molecule has 2 N–H and O–H groups in total. The number of nitrogens with one attached hydrogen (secondary N) is 2. The minimum Gasteiger partial charge on any atom is -0.355 e. The number of aryl methyl sites for hydroxylation is 6. The molecule has 2 aliphatic heterocycles. The highest BCUT2D eigenvalue weighted by atomic mass is 14.8. The number of hydrogen-bond donors (Lipinski definition) is 2. The highest BCUT2D eigenvalue weighted by molar-refractivity contribution is 6.04. The molecular weight excluding hydrogens is 657 g/mol. The van der Waals surface area contributed by atoms with Gasteiger partial charge >= 0.3 is 0 Å². The van der Waals surface area contributed by atoms with E-state index in [1.807, 2.05) is 0 Å². The molecule has 0 radical (unpaired) electrons. The van der Waals surface area contributed by atoms with Crippen molar-refractivity contribution in [3.63, 3.8) is 0 Å². The van der Waals surface area contributed by atoms with Crippen LogP contribution in [0.15, 0.2) is 36.4 Å². The summed E-state index contributed by atoms with van der Waals surface area (Å²) in [4.78, 5) is 20.0. The van der Waals surface area contributed by atoms with Crippen molar-refractivity contribution in [3.05, 3.63) is 92.6 Å². The van der Waals surface area contributed by atoms with Crippen molar-refractivity contribution < 1.29 is 0 Å². The fourth-order valence-corrected chi connectivity index (χ4v) is 9.61. The van der Waals surface area contributed by atoms with Gasteiger partial charge in [0.25, 0.3) is 0 Å². The molecule has 5 heterocycles. The molecule has 0 aliphatic carbocycles. The summed E-state index contributed by atoms with van der Waals surface area (Å²) in [5.74, 6) is 0. The second-order valence-corrected chi connectivity index (χ2v) is 15.2. The molecule has 0 saturated carbocycles. The number of allylic oxidation sites excluding steroid dienone is 4. The van der Waals surface area contributed by atoms with E-state index >= 15 is 0 Å². The zero-order chi connectivity index (χ0) is 38.5. The predicted octanol–water partition coefficient (Wildman–Crippen LogP) is 14.4. The Hall–Kier alpha value is -4.18. The minimum absolute atomic E-state index is 0.932. The van der Waals surface area contributed by atoms with Crippen LogP contribution in [0.5, 0.6) is 0 Å². The van der Waals surface area contributed by atoms with Gasteiger partial charge in [-0.1, -0.05) is 112 Å². The summed E-state index contributed by atoms with van der Waals surface area (Å²) >= 11 is 0. The molecule has 0 spiro atoms. The minimum atomic E-state index is 0.932. The Bertz CT molecular complexity index is 2080. The van der Waals surface area contributed by atoms with Crippen LogP contribution < -0.4 is 0 Å². The number of hydrogen-bond acceptors (Lipinski definition) is 2. The first-order valence-electron chi connectivity index (χ1n) is 21.7. The number of unbranched alkanes of at least 4 members (excludes halogenated alkanes) is 2. The maximum absolute atomic E-state index is 5.88. The van der Waals surface area contributed by atoms with Crippen LogP contribution in [-0.4, -0.2) is 19.9 Å². The first-order valence-corrected chi connectivity index (χ1v) is 21.7. The highest BCUT2D eigenvalue weighted by Crippen LogP contribution is 2.47. The van der Waals surface area contributed by atoms with Crippen LogP contribution in [0.1, 0.15) is 177 Å². The summed E-state index contributed by atoms with van der Waals surface area (Å²) in [6.45, 7) is 23.3. The molecule has 0 saturated heterocycles. The molecule has 8 bridgehead atoms. The second kappa shape index (κ2) is 17.5. The number of fused-ring (bicyclic) bond motifs is 8. The van der Waals surface area contributed by atoms with Gasteiger partial charge in [-0.25, -0.2) is 9.97 Å². The molecule has 0 fully saturated rings. The van der Waals surface area contributed by atoms with E-state index in [0.717, 1.165) is 101 Å². The van der Waals surface area contributed by atoms with Crippen LogP contribution in [0.2, 0.25) is 0 Å². The fraction of sp³-hybridized carbons (Fsp3) is 0.480. The largest absolute Gasteiger partial charge is 0.355 e. The maximum atomic E-state index is 5.88. The van der Waals surface area contributed by atoms with Gasteiger partial charge in [0.2, 0.25) is 0 Å². The number of rotatable bonds is 15. The van der Waals surface area contributed by atoms with Crippen LogP contribution in [0.3, 0.4) is 0 Å². The van der Waals surface area contributed by atoms with Crippen LogP contribution in [0, 0.1) is 0 Å². The monoisotopic (exact) mass is 723 g/mol. The third-order valence-electron chi connectivity index (χ3n) is 12.2. The summed E-state index contributed by atoms with van der Waals surface area (Å²) in [5.41, 5.74) is 26.3. The molecule has 54 heavy (non-hydrogen) atoms. The Balaban J connectivity index is 2.02. The summed E-state index contributed by atoms with van der Waals surface area (Å²) in [6.07, 6.45) is 14.3. The van der Waals surface area contributed by atoms with Gasteiger partial charge in [0, 0.05) is 38.8 Å². The molecule has 6 rings (SSSR count). The molecule has 0 atom stereocenters. The lowest BCUT2D eigenvalue weighted by atomic mass is 9.89. The smallest absolute Gasteiger partial charge is 0.0772 e. The van der Waals surface area contributed by atoms with Crippen LogP contribution in [0.25, 0.3) is 55.5 Å². The zero-order valence-corrected chi connectivity index (χ0v) is 35.3. The molecule has 2 aliphatic rings. The van der Waals surface area contributed by atoms with Crippen molar-refractivity contribution in [2.75, 3.05) is 0 Å². The van der Waals surface area contributed by atoms with Gasteiger partial charge in [0.1, 0.15) is 0 Å². The molecule has 4 nitrogen and oxygen atoms in total. The van der Waals surface area contributed by atoms with E-state index in [0.29, 0.717) is 0 Å². The SMILES string of the molecule is CCCCc1c2nc(c(-c3ccccc3)c3nc(c(CCCC)c4[nH]c(cc5[nH]c1c(CC)c5CC)c(CC)c4CC)C(CC)=C3CC)C(CC)=C2CC. The van der Waals surface area contributed by atoms with Crippen LogP contribution >= 0.6 is 0 Å². The van der Waals surface area contributed by atoms with E-state index < -0.39 is 0 Å². The number of benzene rings is 1. The fourth-order valence-electron chi connectivity index (χ4n) is 9.61. The average molecular weight is 723 g/mol. The van der Waals surface area contributed by atoms with E-state index in [1.165, 1.54) is 100 Å². The summed E-state index contributed by atoms with van der Waals surface area (Å²) in [7, 11) is 0. The van der Waals surface area contributed by atoms with E-state index in [9.17, 15) is 0 Å². The van der Waals surface area contributed by atoms with Crippen molar-refractivity contribution in [1.82, 2.24) is 19.9 Å². The molecule has 0 amide bonds. The third-order valence-corrected chi connectivity index (χ3v) is 12.2. The highest BCUT2D eigenvalue weighted by Gasteiger charge is 2.30. The van der Waals surface area contributed by atoms with Crippen molar-refractivity contribution in [2.45, 2.75) is 159 Å². The lowest BCUT2D eigenvalue weighted by Crippen LogP contribution is -1.97. The van der Waals surface area contributed by atoms with Crippen molar-refractivity contribution >= 4 is 44.4 Å². The molecule has 3 aromatic heterocycles. The quantitative estimate of drug-likeness (QED) is 0.128. The molecular formula is C50H66N4. The molecule has 1 aromatic carbocycles. The Kier molecular flexibility index (Phi) is 12.8. The average Bonchev–Trinajstić information content (AvgIpc) is 3.95. The van der Waals surface area contributed by atoms with E-state index in [-0.39, 0.29) is 0 Å². The standard InChI is InChI=1S/C50H66N4/c1-11-21-28-40-45-34(15-5)32(13-3)42(51-45)30-43-33(14-4)35(16-6)46(52-43)41(29-22-12-2)48-37(18-8)39(20-10)50(54-48)44(31-26-24-23-25-27-31)49-38(19-9)36(17-7)47(40)53-49/h23-27,30,51-52H,11-22,28-29H2,1-10H3. The Morgan fingerprint density at radius 3 is 1.17 bits per heavy atom. The number of nitrogens with zero attached hydrogens (tertiary/aromatic N) is 2. The van der Waals surface area contributed by atoms with Gasteiger partial charge in [-0.3, -0.25) is 0 Å². The maximum Gasteiger partial charge on any atom is 0.0772 e. The van der Waals surface area contributed by atoms with Crippen molar-refractivity contribution in [2.24, 2.45) is 0 Å². The zero-order valence-electron chi connectivity index (χ0n) is 35.3. The van der Waals surface area contributed by atoms with E-state index in [2.05, 4.69) is 116 Å². The van der Waals surface area contributed by atoms with Crippen molar-refractivity contribution in [3.8, 4) is 11.1 Å². The first-order chi connectivity index (χ1) is 26.4. The van der Waals surface area contributed by atoms with Gasteiger partial charge in [-0.2, -0.15) is 0 Å². The van der Waals surface area contributed by atoms with Crippen LogP contribution in [-0.2, 0) is 38.5 Å². The number of aromatic nitrogens is 4. The molecule has 0 unspecified atom stereocenters. The van der Waals surface area contributed by atoms with Gasteiger partial charge < -0.3 is 9.97 Å². The molecule has 4 heteroatoms. The number of aromatic amines is 2. The van der Waals surface area contributed by atoms with Gasteiger partial charge in [-0.05, 0) is 133 Å². The van der Waals surface area contributed by atoms with Crippen LogP contribution in [0.4, 0.5) is 0 Å². The topological polar surface area (TPSA) is 57.4 Å². The van der Waals surface area contributed by atoms with Gasteiger partial charge in [0.15, 0.2) is 0 Å². The van der Waals surface area contributed by atoms with E-state index in [1.54, 1.807) is 0 Å². The molecule has 286 valence electrons. The summed E-state index contributed by atoms with van der Waals surface area (Å²) < 4.78 is 0. The Morgan fingerprint density at radius 2 is 0.815 bits per heavy atom. The van der Waals surface area contributed by atoms with Gasteiger partial charge in [-0.15, -0.1) is 0 Å². The normalized spacial score (nSPS) is 13.1. The summed E-state index contributed by atoms with van der Waals surface area (Å²) in [6, 6.07) is 13.5. The Morgan fingerprint density at radius 1 is 0.426 bits per heavy atom.